The quantitative estimate of drug-likeness (QED) is 0.611. The molecule has 2 heterocycles. The Labute approximate surface area is 178 Å². The van der Waals surface area contributed by atoms with Crippen molar-refractivity contribution >= 4 is 55.3 Å². The second-order valence-electron chi connectivity index (χ2n) is 6.19. The monoisotopic (exact) mass is 515 g/mol. The van der Waals surface area contributed by atoms with Gasteiger partial charge in [-0.1, -0.05) is 11.6 Å². The minimum atomic E-state index is -0.745. The van der Waals surface area contributed by atoms with Gasteiger partial charge in [0.2, 0.25) is 5.91 Å². The summed E-state index contributed by atoms with van der Waals surface area (Å²) in [5.41, 5.74) is 1.27. The molecule has 1 aromatic carbocycles. The van der Waals surface area contributed by atoms with E-state index < -0.39 is 12.1 Å². The predicted molar refractivity (Wildman–Crippen MR) is 108 cm³/mol. The number of nitrogens with zero attached hydrogens (tertiary/aromatic N) is 2. The molecule has 0 aliphatic carbocycles. The Kier molecular flexibility index (Phi) is 6.52. The molecule has 0 unspecified atom stereocenters. The zero-order valence-electron chi connectivity index (χ0n) is 14.0. The number of pyridine rings is 1. The van der Waals surface area contributed by atoms with Crippen LogP contribution in [0.5, 0.6) is 0 Å². The van der Waals surface area contributed by atoms with Crippen LogP contribution in [0.15, 0.2) is 45.6 Å². The van der Waals surface area contributed by atoms with Gasteiger partial charge in [0.25, 0.3) is 5.91 Å². The van der Waals surface area contributed by atoms with Crippen LogP contribution in [0, 0.1) is 0 Å². The molecule has 1 aliphatic rings. The lowest BCUT2D eigenvalue weighted by Gasteiger charge is -2.24. The molecule has 2 N–H and O–H groups in total. The van der Waals surface area contributed by atoms with Crippen molar-refractivity contribution in [1.29, 1.82) is 0 Å². The Morgan fingerprint density at radius 1 is 1.30 bits per heavy atom. The number of aliphatic hydroxyl groups is 1. The standard InChI is InChI=1S/C18H16Br2ClN3O3/c19-14-6-11(21)1-2-13(14)18(27)24-9-12(25)7-15(24)17(26)23-8-10-3-4-22-16(20)5-10/h1-6,12,15,25H,7-9H2,(H,23,26)/t12-,15+/m1/s1. The van der Waals surface area contributed by atoms with E-state index in [0.29, 0.717) is 26.2 Å². The van der Waals surface area contributed by atoms with E-state index in [4.69, 9.17) is 11.6 Å². The molecule has 1 fully saturated rings. The Morgan fingerprint density at radius 3 is 2.78 bits per heavy atom. The normalized spacial score (nSPS) is 19.2. The van der Waals surface area contributed by atoms with Crippen molar-refractivity contribution in [1.82, 2.24) is 15.2 Å². The van der Waals surface area contributed by atoms with Crippen LogP contribution in [0.1, 0.15) is 22.3 Å². The summed E-state index contributed by atoms with van der Waals surface area (Å²) < 4.78 is 1.22. The molecule has 0 saturated carbocycles. The van der Waals surface area contributed by atoms with Gasteiger partial charge < -0.3 is 15.3 Å². The van der Waals surface area contributed by atoms with Crippen molar-refractivity contribution in [3.63, 3.8) is 0 Å². The van der Waals surface area contributed by atoms with E-state index in [1.807, 2.05) is 0 Å². The molecular formula is C18H16Br2ClN3O3. The van der Waals surface area contributed by atoms with Crippen LogP contribution >= 0.6 is 43.5 Å². The van der Waals surface area contributed by atoms with Crippen molar-refractivity contribution in [3.8, 4) is 0 Å². The van der Waals surface area contributed by atoms with Crippen LogP contribution in [0.25, 0.3) is 0 Å². The molecule has 2 amide bonds. The second-order valence-corrected chi connectivity index (χ2v) is 8.29. The maximum absolute atomic E-state index is 12.9. The summed E-state index contributed by atoms with van der Waals surface area (Å²) in [5.74, 6) is -0.639. The van der Waals surface area contributed by atoms with Gasteiger partial charge in [0, 0.05) is 35.2 Å². The fourth-order valence-electron chi connectivity index (χ4n) is 2.96. The van der Waals surface area contributed by atoms with Gasteiger partial charge in [0.05, 0.1) is 11.7 Å². The van der Waals surface area contributed by atoms with Crippen molar-refractivity contribution in [2.75, 3.05) is 6.54 Å². The minimum Gasteiger partial charge on any atom is -0.391 e. The Bertz CT molecular complexity index is 881. The fourth-order valence-corrected chi connectivity index (χ4v) is 4.23. The number of amides is 2. The summed E-state index contributed by atoms with van der Waals surface area (Å²) in [4.78, 5) is 31.0. The molecule has 2 aromatic rings. The molecule has 0 radical (unpaired) electrons. The predicted octanol–water partition coefficient (Wildman–Crippen LogP) is 3.15. The summed E-state index contributed by atoms with van der Waals surface area (Å²) in [6, 6.07) is 7.70. The van der Waals surface area contributed by atoms with Crippen molar-refractivity contribution < 1.29 is 14.7 Å². The van der Waals surface area contributed by atoms with Crippen LogP contribution in [0.3, 0.4) is 0 Å². The van der Waals surface area contributed by atoms with E-state index >= 15 is 0 Å². The van der Waals surface area contributed by atoms with Gasteiger partial charge >= 0.3 is 0 Å². The zero-order chi connectivity index (χ0) is 19.6. The van der Waals surface area contributed by atoms with Gasteiger partial charge in [0.1, 0.15) is 10.6 Å². The maximum atomic E-state index is 12.9. The number of aromatic nitrogens is 1. The lowest BCUT2D eigenvalue weighted by atomic mass is 10.1. The van der Waals surface area contributed by atoms with E-state index in [0.717, 1.165) is 5.56 Å². The Hall–Kier alpha value is -1.48. The number of hydrogen-bond acceptors (Lipinski definition) is 4. The first-order valence-corrected chi connectivity index (χ1v) is 10.1. The van der Waals surface area contributed by atoms with Crippen molar-refractivity contribution in [2.24, 2.45) is 0 Å². The second kappa shape index (κ2) is 8.68. The number of rotatable bonds is 4. The van der Waals surface area contributed by atoms with E-state index in [1.165, 1.54) is 4.90 Å². The Balaban J connectivity index is 1.73. The molecule has 3 rings (SSSR count). The van der Waals surface area contributed by atoms with Crippen LogP contribution < -0.4 is 5.32 Å². The molecule has 142 valence electrons. The lowest BCUT2D eigenvalue weighted by Crippen LogP contribution is -2.45. The molecule has 6 nitrogen and oxygen atoms in total. The number of nitrogens with one attached hydrogen (secondary N) is 1. The summed E-state index contributed by atoms with van der Waals surface area (Å²) in [5, 5.41) is 13.3. The number of aliphatic hydroxyl groups excluding tert-OH is 1. The molecule has 1 aromatic heterocycles. The SMILES string of the molecule is O=C(NCc1ccnc(Br)c1)[C@@H]1C[C@@H](O)CN1C(=O)c1ccc(Cl)cc1Br. The first-order valence-electron chi connectivity index (χ1n) is 8.17. The average molecular weight is 518 g/mol. The fraction of sp³-hybridized carbons (Fsp3) is 0.278. The minimum absolute atomic E-state index is 0.104. The van der Waals surface area contributed by atoms with Gasteiger partial charge in [0.15, 0.2) is 0 Å². The van der Waals surface area contributed by atoms with Crippen molar-refractivity contribution in [2.45, 2.75) is 25.1 Å². The molecule has 27 heavy (non-hydrogen) atoms. The third kappa shape index (κ3) is 4.87. The van der Waals surface area contributed by atoms with Gasteiger partial charge in [-0.05, 0) is 67.8 Å². The van der Waals surface area contributed by atoms with Crippen LogP contribution in [0.4, 0.5) is 0 Å². The van der Waals surface area contributed by atoms with Crippen LogP contribution in [-0.4, -0.2) is 45.5 Å². The summed E-state index contributed by atoms with van der Waals surface area (Å²) in [6.45, 7) is 0.409. The number of carbonyl (C=O) groups is 2. The Morgan fingerprint density at radius 2 is 2.07 bits per heavy atom. The first-order chi connectivity index (χ1) is 12.8. The van der Waals surface area contributed by atoms with Crippen molar-refractivity contribution in [3.05, 3.63) is 61.8 Å². The van der Waals surface area contributed by atoms with Gasteiger partial charge in [-0.15, -0.1) is 0 Å². The molecule has 0 bridgehead atoms. The third-order valence-corrected chi connectivity index (χ3v) is 5.59. The number of benzene rings is 1. The average Bonchev–Trinajstić information content (AvgIpc) is 3.01. The first kappa shape index (κ1) is 20.3. The number of likely N-dealkylation sites (tertiary alicyclic amines) is 1. The van der Waals surface area contributed by atoms with Gasteiger partial charge in [-0.2, -0.15) is 0 Å². The number of halogens is 3. The zero-order valence-corrected chi connectivity index (χ0v) is 18.0. The number of hydrogen-bond donors (Lipinski definition) is 2. The third-order valence-electron chi connectivity index (χ3n) is 4.26. The summed E-state index contributed by atoms with van der Waals surface area (Å²) in [6.07, 6.45) is 1.09. The molecule has 1 saturated heterocycles. The maximum Gasteiger partial charge on any atom is 0.255 e. The molecule has 9 heteroatoms. The summed E-state index contributed by atoms with van der Waals surface area (Å²) in [7, 11) is 0. The van der Waals surface area contributed by atoms with E-state index in [9.17, 15) is 14.7 Å². The molecular weight excluding hydrogens is 501 g/mol. The number of carbonyl (C=O) groups excluding carboxylic acids is 2. The largest absolute Gasteiger partial charge is 0.391 e. The van der Waals surface area contributed by atoms with E-state index in [1.54, 1.807) is 36.5 Å². The van der Waals surface area contributed by atoms with Gasteiger partial charge in [-0.25, -0.2) is 4.98 Å². The summed E-state index contributed by atoms with van der Waals surface area (Å²) >= 11 is 12.5. The molecule has 1 aliphatic heterocycles. The number of β-amino-alcohol motifs (C(OH)–C–C–N with tert-alkyl or cyclic N) is 1. The van der Waals surface area contributed by atoms with Crippen LogP contribution in [-0.2, 0) is 11.3 Å². The topological polar surface area (TPSA) is 82.5 Å². The van der Waals surface area contributed by atoms with Crippen LogP contribution in [0.2, 0.25) is 5.02 Å². The van der Waals surface area contributed by atoms with E-state index in [-0.39, 0.29) is 24.8 Å². The highest BCUT2D eigenvalue weighted by atomic mass is 79.9. The smallest absolute Gasteiger partial charge is 0.255 e. The molecule has 2 atom stereocenters. The highest BCUT2D eigenvalue weighted by molar-refractivity contribution is 9.10. The van der Waals surface area contributed by atoms with E-state index in [2.05, 4.69) is 42.2 Å². The highest BCUT2D eigenvalue weighted by Crippen LogP contribution is 2.27. The highest BCUT2D eigenvalue weighted by Gasteiger charge is 2.39. The lowest BCUT2D eigenvalue weighted by molar-refractivity contribution is -0.125. The molecule has 0 spiro atoms. The van der Waals surface area contributed by atoms with Gasteiger partial charge in [-0.3, -0.25) is 9.59 Å².